The lowest BCUT2D eigenvalue weighted by Crippen LogP contribution is -2.12. The van der Waals surface area contributed by atoms with E-state index in [1.165, 1.54) is 0 Å². The maximum absolute atomic E-state index is 6.02. The third-order valence-electron chi connectivity index (χ3n) is 3.32. The van der Waals surface area contributed by atoms with Crippen LogP contribution in [0.5, 0.6) is 11.6 Å². The number of rotatable bonds is 4. The zero-order valence-corrected chi connectivity index (χ0v) is 13.0. The molecule has 1 atom stereocenters. The highest BCUT2D eigenvalue weighted by molar-refractivity contribution is 6.30. The topological polar surface area (TPSA) is 34.1 Å². The van der Waals surface area contributed by atoms with Gasteiger partial charge in [0.1, 0.15) is 5.75 Å². The lowest BCUT2D eigenvalue weighted by Gasteiger charge is -2.13. The Morgan fingerprint density at radius 2 is 1.85 bits per heavy atom. The van der Waals surface area contributed by atoms with E-state index >= 15 is 0 Å². The highest BCUT2D eigenvalue weighted by atomic mass is 35.5. The highest BCUT2D eigenvalue weighted by Gasteiger charge is 2.09. The van der Waals surface area contributed by atoms with Gasteiger partial charge in [0, 0.05) is 23.3 Å². The van der Waals surface area contributed by atoms with Gasteiger partial charge in [-0.2, -0.15) is 0 Å². The summed E-state index contributed by atoms with van der Waals surface area (Å²) in [5, 5.41) is 3.90. The third-order valence-corrected chi connectivity index (χ3v) is 3.54. The maximum Gasteiger partial charge on any atom is 0.219 e. The lowest BCUT2D eigenvalue weighted by atomic mass is 10.1. The van der Waals surface area contributed by atoms with Crippen molar-refractivity contribution in [3.05, 3.63) is 52.2 Å². The van der Waals surface area contributed by atoms with Crippen molar-refractivity contribution in [1.82, 2.24) is 10.3 Å². The molecule has 0 amide bonds. The number of nitrogens with zero attached hydrogens (tertiary/aromatic N) is 1. The normalized spacial score (nSPS) is 12.2. The van der Waals surface area contributed by atoms with Gasteiger partial charge in [-0.15, -0.1) is 0 Å². The fourth-order valence-corrected chi connectivity index (χ4v) is 2.37. The molecule has 0 aliphatic heterocycles. The number of hydrogen-bond acceptors (Lipinski definition) is 3. The summed E-state index contributed by atoms with van der Waals surface area (Å²) in [6.07, 6.45) is 1.83. The van der Waals surface area contributed by atoms with E-state index in [2.05, 4.69) is 17.2 Å². The van der Waals surface area contributed by atoms with Gasteiger partial charge in [-0.3, -0.25) is 0 Å². The van der Waals surface area contributed by atoms with E-state index < -0.39 is 0 Å². The molecule has 106 valence electrons. The van der Waals surface area contributed by atoms with Crippen LogP contribution in [0.3, 0.4) is 0 Å². The van der Waals surface area contributed by atoms with Crippen LogP contribution in [0.2, 0.25) is 5.02 Å². The summed E-state index contributed by atoms with van der Waals surface area (Å²) in [5.74, 6) is 1.40. The van der Waals surface area contributed by atoms with Crippen LogP contribution in [0, 0.1) is 13.8 Å². The molecule has 1 heterocycles. The molecular formula is C16H19ClN2O. The predicted octanol–water partition coefficient (Wildman–Crippen LogP) is 4.42. The molecule has 2 rings (SSSR count). The van der Waals surface area contributed by atoms with E-state index in [1.807, 2.05) is 51.4 Å². The SMILES string of the molecule is CNC(C)c1ccc(Oc2c(C)cc(Cl)cc2C)nc1. The Hall–Kier alpha value is -1.58. The van der Waals surface area contributed by atoms with Gasteiger partial charge in [0.2, 0.25) is 5.88 Å². The zero-order valence-electron chi connectivity index (χ0n) is 12.2. The van der Waals surface area contributed by atoms with Crippen molar-refractivity contribution in [2.75, 3.05) is 7.05 Å². The smallest absolute Gasteiger partial charge is 0.219 e. The second-order valence-corrected chi connectivity index (χ2v) is 5.35. The molecule has 1 N–H and O–H groups in total. The number of benzene rings is 1. The van der Waals surface area contributed by atoms with E-state index in [-0.39, 0.29) is 6.04 Å². The van der Waals surface area contributed by atoms with E-state index in [4.69, 9.17) is 16.3 Å². The van der Waals surface area contributed by atoms with Crippen molar-refractivity contribution in [3.63, 3.8) is 0 Å². The number of aromatic nitrogens is 1. The van der Waals surface area contributed by atoms with E-state index in [0.29, 0.717) is 5.88 Å². The third kappa shape index (κ3) is 3.30. The quantitative estimate of drug-likeness (QED) is 0.905. The minimum atomic E-state index is 0.274. The molecule has 1 unspecified atom stereocenters. The first-order chi connectivity index (χ1) is 9.51. The van der Waals surface area contributed by atoms with Crippen molar-refractivity contribution >= 4 is 11.6 Å². The van der Waals surface area contributed by atoms with Gasteiger partial charge in [0.25, 0.3) is 0 Å². The number of hydrogen-bond donors (Lipinski definition) is 1. The summed E-state index contributed by atoms with van der Waals surface area (Å²) >= 11 is 6.02. The monoisotopic (exact) mass is 290 g/mol. The number of halogens is 1. The van der Waals surface area contributed by atoms with Gasteiger partial charge in [-0.1, -0.05) is 17.7 Å². The summed E-state index contributed by atoms with van der Waals surface area (Å²) in [6.45, 7) is 6.04. The summed E-state index contributed by atoms with van der Waals surface area (Å²) < 4.78 is 5.87. The Balaban J connectivity index is 2.23. The van der Waals surface area contributed by atoms with Crippen molar-refractivity contribution in [3.8, 4) is 11.6 Å². The Labute approximate surface area is 124 Å². The molecule has 1 aromatic carbocycles. The molecule has 0 bridgehead atoms. The van der Waals surface area contributed by atoms with Crippen LogP contribution in [0.25, 0.3) is 0 Å². The van der Waals surface area contributed by atoms with Crippen molar-refractivity contribution in [2.24, 2.45) is 0 Å². The molecule has 0 radical (unpaired) electrons. The molecule has 3 nitrogen and oxygen atoms in total. The molecule has 0 spiro atoms. The lowest BCUT2D eigenvalue weighted by molar-refractivity contribution is 0.455. The van der Waals surface area contributed by atoms with Crippen LogP contribution < -0.4 is 10.1 Å². The van der Waals surface area contributed by atoms with Gasteiger partial charge in [-0.05, 0) is 56.6 Å². The van der Waals surface area contributed by atoms with E-state index in [1.54, 1.807) is 0 Å². The fourth-order valence-electron chi connectivity index (χ4n) is 2.04. The van der Waals surface area contributed by atoms with Crippen LogP contribution in [0.1, 0.15) is 29.7 Å². The van der Waals surface area contributed by atoms with Crippen LogP contribution in [0.4, 0.5) is 0 Å². The minimum absolute atomic E-state index is 0.274. The van der Waals surface area contributed by atoms with Gasteiger partial charge in [-0.25, -0.2) is 4.98 Å². The molecule has 20 heavy (non-hydrogen) atoms. The summed E-state index contributed by atoms with van der Waals surface area (Å²) in [7, 11) is 1.93. The van der Waals surface area contributed by atoms with Gasteiger partial charge in [0.15, 0.2) is 0 Å². The fraction of sp³-hybridized carbons (Fsp3) is 0.312. The summed E-state index contributed by atoms with van der Waals surface area (Å²) in [5.41, 5.74) is 3.14. The zero-order chi connectivity index (χ0) is 14.7. The number of nitrogens with one attached hydrogen (secondary N) is 1. The van der Waals surface area contributed by atoms with Gasteiger partial charge in [0.05, 0.1) is 0 Å². The second-order valence-electron chi connectivity index (χ2n) is 4.91. The van der Waals surface area contributed by atoms with E-state index in [9.17, 15) is 0 Å². The van der Waals surface area contributed by atoms with Crippen LogP contribution in [-0.4, -0.2) is 12.0 Å². The summed E-state index contributed by atoms with van der Waals surface area (Å²) in [6, 6.07) is 7.96. The molecule has 0 aliphatic carbocycles. The Bertz CT molecular complexity index is 573. The average molecular weight is 291 g/mol. The number of aryl methyl sites for hydroxylation is 2. The van der Waals surface area contributed by atoms with Crippen LogP contribution in [0.15, 0.2) is 30.5 Å². The average Bonchev–Trinajstić information content (AvgIpc) is 2.42. The standard InChI is InChI=1S/C16H19ClN2O/c1-10-7-14(17)8-11(2)16(10)20-15-6-5-13(9-19-15)12(3)18-4/h5-9,12,18H,1-4H3. The van der Waals surface area contributed by atoms with E-state index in [0.717, 1.165) is 27.5 Å². The Kier molecular flexibility index (Phi) is 4.63. The minimum Gasteiger partial charge on any atom is -0.438 e. The first-order valence-corrected chi connectivity index (χ1v) is 6.97. The number of ether oxygens (including phenoxy) is 1. The molecule has 0 fully saturated rings. The largest absolute Gasteiger partial charge is 0.438 e. The van der Waals surface area contributed by atoms with Crippen LogP contribution in [-0.2, 0) is 0 Å². The summed E-state index contributed by atoms with van der Waals surface area (Å²) in [4.78, 5) is 4.35. The van der Waals surface area contributed by atoms with Crippen molar-refractivity contribution in [2.45, 2.75) is 26.8 Å². The van der Waals surface area contributed by atoms with Crippen molar-refractivity contribution in [1.29, 1.82) is 0 Å². The number of pyridine rings is 1. The second kappa shape index (κ2) is 6.25. The molecule has 0 saturated carbocycles. The molecular weight excluding hydrogens is 272 g/mol. The predicted molar refractivity (Wildman–Crippen MR) is 82.7 cm³/mol. The molecule has 0 saturated heterocycles. The first kappa shape index (κ1) is 14.8. The molecule has 4 heteroatoms. The maximum atomic E-state index is 6.02. The van der Waals surface area contributed by atoms with Gasteiger partial charge >= 0.3 is 0 Å². The molecule has 0 aliphatic rings. The van der Waals surface area contributed by atoms with Gasteiger partial charge < -0.3 is 10.1 Å². The Morgan fingerprint density at radius 1 is 1.20 bits per heavy atom. The molecule has 2 aromatic rings. The Morgan fingerprint density at radius 3 is 2.35 bits per heavy atom. The first-order valence-electron chi connectivity index (χ1n) is 6.59. The highest BCUT2D eigenvalue weighted by Crippen LogP contribution is 2.30. The molecule has 1 aromatic heterocycles. The van der Waals surface area contributed by atoms with Crippen LogP contribution >= 0.6 is 11.6 Å². The van der Waals surface area contributed by atoms with Crippen molar-refractivity contribution < 1.29 is 4.74 Å².